The van der Waals surface area contributed by atoms with Crippen LogP contribution in [0.2, 0.25) is 0 Å². The maximum absolute atomic E-state index is 3.61. The average molecular weight is 338 g/mol. The Morgan fingerprint density at radius 1 is 1.26 bits per heavy atom. The van der Waals surface area contributed by atoms with Gasteiger partial charge in [0.25, 0.3) is 0 Å². The summed E-state index contributed by atoms with van der Waals surface area (Å²) in [6, 6.07) is 11.3. The van der Waals surface area contributed by atoms with Crippen LogP contribution in [0.4, 0.5) is 0 Å². The predicted octanol–water partition coefficient (Wildman–Crippen LogP) is 4.58. The van der Waals surface area contributed by atoms with E-state index < -0.39 is 0 Å². The Hall–Kier alpha value is -0.640. The van der Waals surface area contributed by atoms with Gasteiger partial charge in [-0.05, 0) is 71.7 Å². The Kier molecular flexibility index (Phi) is 5.61. The molecule has 0 amide bonds. The molecule has 0 aliphatic rings. The van der Waals surface area contributed by atoms with Crippen LogP contribution in [0.1, 0.15) is 22.4 Å². The zero-order valence-electron chi connectivity index (χ0n) is 11.4. The van der Waals surface area contributed by atoms with Crippen molar-refractivity contribution in [3.8, 4) is 0 Å². The molecule has 0 aliphatic carbocycles. The summed E-state index contributed by atoms with van der Waals surface area (Å²) < 4.78 is 1.24. The number of hydrogen-bond acceptors (Lipinski definition) is 2. The van der Waals surface area contributed by atoms with Gasteiger partial charge in [-0.25, -0.2) is 0 Å². The third-order valence-corrected chi connectivity index (χ3v) is 5.50. The summed E-state index contributed by atoms with van der Waals surface area (Å²) in [4.78, 5) is 1.43. The van der Waals surface area contributed by atoms with Crippen LogP contribution in [0.25, 0.3) is 0 Å². The van der Waals surface area contributed by atoms with Gasteiger partial charge in [0, 0.05) is 15.4 Å². The van der Waals surface area contributed by atoms with Crippen LogP contribution in [0.3, 0.4) is 0 Å². The minimum absolute atomic E-state index is 0.537. The Morgan fingerprint density at radius 3 is 2.68 bits per heavy atom. The first-order chi connectivity index (χ1) is 9.20. The molecule has 0 saturated carbocycles. The topological polar surface area (TPSA) is 12.0 Å². The normalized spacial score (nSPS) is 12.6. The van der Waals surface area contributed by atoms with Crippen molar-refractivity contribution in [1.82, 2.24) is 5.32 Å². The van der Waals surface area contributed by atoms with Crippen LogP contribution in [0.5, 0.6) is 0 Å². The molecule has 0 fully saturated rings. The molecule has 0 radical (unpaired) electrons. The van der Waals surface area contributed by atoms with Gasteiger partial charge in [0.05, 0.1) is 0 Å². The Bertz CT molecular complexity index is 521. The third kappa shape index (κ3) is 4.16. The predicted molar refractivity (Wildman–Crippen MR) is 88.1 cm³/mol. The number of rotatable bonds is 6. The monoisotopic (exact) mass is 337 g/mol. The summed E-state index contributed by atoms with van der Waals surface area (Å²) in [5, 5.41) is 5.59. The number of aryl methyl sites for hydroxylation is 2. The van der Waals surface area contributed by atoms with Crippen molar-refractivity contribution in [1.29, 1.82) is 0 Å². The fourth-order valence-electron chi connectivity index (χ4n) is 2.26. The summed E-state index contributed by atoms with van der Waals surface area (Å²) in [6.07, 6.45) is 3.41. The van der Waals surface area contributed by atoms with Gasteiger partial charge in [0.1, 0.15) is 0 Å². The molecular weight excluding hydrogens is 318 g/mol. The Balaban J connectivity index is 1.93. The lowest BCUT2D eigenvalue weighted by molar-refractivity contribution is 0.522. The molecule has 1 atom stereocenters. The Labute approximate surface area is 128 Å². The van der Waals surface area contributed by atoms with E-state index in [-0.39, 0.29) is 0 Å². The zero-order chi connectivity index (χ0) is 13.7. The molecule has 3 heteroatoms. The molecule has 1 unspecified atom stereocenters. The zero-order valence-corrected chi connectivity index (χ0v) is 13.9. The molecule has 0 bridgehead atoms. The van der Waals surface area contributed by atoms with Gasteiger partial charge in [-0.3, -0.25) is 0 Å². The number of thiophene rings is 1. The van der Waals surface area contributed by atoms with Crippen molar-refractivity contribution in [3.05, 3.63) is 56.2 Å². The molecule has 102 valence electrons. The summed E-state index contributed by atoms with van der Waals surface area (Å²) in [5.41, 5.74) is 2.86. The molecule has 0 spiro atoms. The number of nitrogens with one attached hydrogen (secondary N) is 1. The van der Waals surface area contributed by atoms with Crippen LogP contribution < -0.4 is 5.32 Å². The van der Waals surface area contributed by atoms with E-state index in [0.29, 0.717) is 6.04 Å². The quantitative estimate of drug-likeness (QED) is 0.813. The molecule has 1 aromatic carbocycles. The fraction of sp³-hybridized carbons (Fsp3) is 0.375. The highest BCUT2D eigenvalue weighted by Gasteiger charge is 2.11. The summed E-state index contributed by atoms with van der Waals surface area (Å²) >= 11 is 5.45. The van der Waals surface area contributed by atoms with E-state index in [1.165, 1.54) is 26.9 Å². The van der Waals surface area contributed by atoms with Crippen LogP contribution in [0, 0.1) is 6.92 Å². The lowest BCUT2D eigenvalue weighted by Crippen LogP contribution is -2.28. The maximum Gasteiger partial charge on any atom is 0.0314 e. The van der Waals surface area contributed by atoms with Gasteiger partial charge in [-0.15, -0.1) is 11.3 Å². The second-order valence-corrected chi connectivity index (χ2v) is 6.70. The van der Waals surface area contributed by atoms with Gasteiger partial charge in [-0.2, -0.15) is 0 Å². The standard InChI is InChI=1S/C16H20BrNS/c1-12-5-3-4-6-13(12)7-8-14(18-2)11-16-15(17)9-10-19-16/h3-6,9-10,14,18H,7-8,11H2,1-2H3. The van der Waals surface area contributed by atoms with Crippen LogP contribution >= 0.6 is 27.3 Å². The minimum Gasteiger partial charge on any atom is -0.317 e. The van der Waals surface area contributed by atoms with Crippen molar-refractivity contribution < 1.29 is 0 Å². The first-order valence-electron chi connectivity index (χ1n) is 6.64. The van der Waals surface area contributed by atoms with Gasteiger partial charge in [0.15, 0.2) is 0 Å². The second-order valence-electron chi connectivity index (χ2n) is 4.85. The molecule has 1 nitrogen and oxygen atoms in total. The molecule has 1 aromatic heterocycles. The molecular formula is C16H20BrNS. The van der Waals surface area contributed by atoms with Crippen LogP contribution in [0.15, 0.2) is 40.2 Å². The number of halogens is 1. The lowest BCUT2D eigenvalue weighted by Gasteiger charge is -2.16. The van der Waals surface area contributed by atoms with Crippen LogP contribution in [-0.2, 0) is 12.8 Å². The van der Waals surface area contributed by atoms with Crippen molar-refractivity contribution in [3.63, 3.8) is 0 Å². The third-order valence-electron chi connectivity index (χ3n) is 3.55. The van der Waals surface area contributed by atoms with E-state index in [0.717, 1.165) is 12.8 Å². The summed E-state index contributed by atoms with van der Waals surface area (Å²) in [6.45, 7) is 2.19. The van der Waals surface area contributed by atoms with Crippen molar-refractivity contribution in [2.45, 2.75) is 32.2 Å². The van der Waals surface area contributed by atoms with Crippen molar-refractivity contribution in [2.24, 2.45) is 0 Å². The molecule has 1 heterocycles. The highest BCUT2D eigenvalue weighted by Crippen LogP contribution is 2.25. The largest absolute Gasteiger partial charge is 0.317 e. The van der Waals surface area contributed by atoms with E-state index in [4.69, 9.17) is 0 Å². The van der Waals surface area contributed by atoms with E-state index in [1.54, 1.807) is 0 Å². The molecule has 2 aromatic rings. The number of benzene rings is 1. The maximum atomic E-state index is 3.61. The minimum atomic E-state index is 0.537. The molecule has 0 aliphatic heterocycles. The van der Waals surface area contributed by atoms with Crippen LogP contribution in [-0.4, -0.2) is 13.1 Å². The second kappa shape index (κ2) is 7.22. The SMILES string of the molecule is CNC(CCc1ccccc1C)Cc1sccc1Br. The highest BCUT2D eigenvalue weighted by atomic mass is 79.9. The van der Waals surface area contributed by atoms with Crippen molar-refractivity contribution >= 4 is 27.3 Å². The first-order valence-corrected chi connectivity index (χ1v) is 8.31. The average Bonchev–Trinajstić information content (AvgIpc) is 2.81. The smallest absolute Gasteiger partial charge is 0.0314 e. The van der Waals surface area contributed by atoms with Gasteiger partial charge < -0.3 is 5.32 Å². The Morgan fingerprint density at radius 2 is 2.05 bits per heavy atom. The molecule has 1 N–H and O–H groups in total. The van der Waals surface area contributed by atoms with E-state index in [9.17, 15) is 0 Å². The molecule has 2 rings (SSSR count). The van der Waals surface area contributed by atoms with Gasteiger partial charge in [-0.1, -0.05) is 24.3 Å². The van der Waals surface area contributed by atoms with Crippen molar-refractivity contribution in [2.75, 3.05) is 7.05 Å². The molecule has 0 saturated heterocycles. The number of likely N-dealkylation sites (N-methyl/N-ethyl adjacent to an activating group) is 1. The first kappa shape index (κ1) is 14.8. The number of hydrogen-bond donors (Lipinski definition) is 1. The van der Waals surface area contributed by atoms with Gasteiger partial charge in [0.2, 0.25) is 0 Å². The van der Waals surface area contributed by atoms with E-state index >= 15 is 0 Å². The summed E-state index contributed by atoms with van der Waals surface area (Å²) in [5.74, 6) is 0. The molecule has 19 heavy (non-hydrogen) atoms. The summed E-state index contributed by atoms with van der Waals surface area (Å²) in [7, 11) is 2.06. The lowest BCUT2D eigenvalue weighted by atomic mass is 9.99. The highest BCUT2D eigenvalue weighted by molar-refractivity contribution is 9.10. The van der Waals surface area contributed by atoms with Gasteiger partial charge >= 0.3 is 0 Å². The fourth-order valence-corrected chi connectivity index (χ4v) is 3.86. The van der Waals surface area contributed by atoms with E-state index in [2.05, 4.69) is 70.9 Å². The van der Waals surface area contributed by atoms with E-state index in [1.807, 2.05) is 11.3 Å².